The first-order valence-corrected chi connectivity index (χ1v) is 6.98. The summed E-state index contributed by atoms with van der Waals surface area (Å²) in [5.41, 5.74) is 3.57. The van der Waals surface area contributed by atoms with Crippen LogP contribution in [0.4, 0.5) is 0 Å². The first-order valence-electron chi connectivity index (χ1n) is 6.17. The Balaban J connectivity index is 2.25. The molecule has 18 heavy (non-hydrogen) atoms. The van der Waals surface area contributed by atoms with Crippen LogP contribution in [0.1, 0.15) is 29.5 Å². The molecule has 1 heterocycles. The normalized spacial score (nSPS) is 10.3. The van der Waals surface area contributed by atoms with E-state index in [1.165, 1.54) is 16.0 Å². The molecule has 1 aromatic heterocycles. The molecule has 0 saturated carbocycles. The molecular weight excluding hydrogens is 240 g/mol. The van der Waals surface area contributed by atoms with Gasteiger partial charge in [-0.05, 0) is 25.3 Å². The van der Waals surface area contributed by atoms with Gasteiger partial charge in [-0.1, -0.05) is 31.2 Å². The van der Waals surface area contributed by atoms with Gasteiger partial charge in [0.15, 0.2) is 0 Å². The van der Waals surface area contributed by atoms with Crippen molar-refractivity contribution in [3.63, 3.8) is 0 Å². The molecule has 92 valence electrons. The topological polar surface area (TPSA) is 36.7 Å². The Morgan fingerprint density at radius 3 is 2.61 bits per heavy atom. The number of rotatable bonds is 4. The van der Waals surface area contributed by atoms with Gasteiger partial charge < -0.3 is 0 Å². The first kappa shape index (κ1) is 12.8. The standard InChI is InChI=1S/C15H16N2S/c1-3-12-6-8-13(9-7-12)15-17-11(2)14(18-15)5-4-10-16/h6-9H,3-5H2,1-2H3. The molecule has 0 spiro atoms. The third-order valence-corrected chi connectivity index (χ3v) is 4.23. The molecule has 0 aliphatic carbocycles. The van der Waals surface area contributed by atoms with Crippen molar-refractivity contribution < 1.29 is 0 Å². The lowest BCUT2D eigenvalue weighted by atomic mass is 10.1. The second-order valence-corrected chi connectivity index (χ2v) is 5.32. The smallest absolute Gasteiger partial charge is 0.123 e. The zero-order valence-electron chi connectivity index (χ0n) is 10.7. The number of hydrogen-bond acceptors (Lipinski definition) is 3. The molecule has 2 rings (SSSR count). The highest BCUT2D eigenvalue weighted by Gasteiger charge is 2.08. The number of thiazole rings is 1. The monoisotopic (exact) mass is 256 g/mol. The highest BCUT2D eigenvalue weighted by molar-refractivity contribution is 7.15. The second-order valence-electron chi connectivity index (χ2n) is 4.24. The van der Waals surface area contributed by atoms with Crippen LogP contribution in [0.25, 0.3) is 10.6 Å². The lowest BCUT2D eigenvalue weighted by molar-refractivity contribution is 1.01. The summed E-state index contributed by atoms with van der Waals surface area (Å²) in [6.07, 6.45) is 2.44. The summed E-state index contributed by atoms with van der Waals surface area (Å²) in [5, 5.41) is 9.69. The quantitative estimate of drug-likeness (QED) is 0.824. The van der Waals surface area contributed by atoms with Crippen LogP contribution >= 0.6 is 11.3 Å². The molecule has 2 nitrogen and oxygen atoms in total. The van der Waals surface area contributed by atoms with Crippen LogP contribution in [-0.2, 0) is 12.8 Å². The maximum Gasteiger partial charge on any atom is 0.123 e. The van der Waals surface area contributed by atoms with E-state index in [1.807, 2.05) is 6.92 Å². The predicted octanol–water partition coefficient (Wildman–Crippen LogP) is 4.14. The van der Waals surface area contributed by atoms with Crippen molar-refractivity contribution in [2.24, 2.45) is 0 Å². The Morgan fingerprint density at radius 2 is 2.00 bits per heavy atom. The molecular formula is C15H16N2S. The Bertz CT molecular complexity index is 561. The van der Waals surface area contributed by atoms with Crippen LogP contribution in [0.3, 0.4) is 0 Å². The molecule has 3 heteroatoms. The van der Waals surface area contributed by atoms with E-state index >= 15 is 0 Å². The fraction of sp³-hybridized carbons (Fsp3) is 0.333. The molecule has 0 radical (unpaired) electrons. The van der Waals surface area contributed by atoms with Gasteiger partial charge in [0.2, 0.25) is 0 Å². The van der Waals surface area contributed by atoms with Gasteiger partial charge in [0.05, 0.1) is 11.8 Å². The molecule has 0 aliphatic heterocycles. The van der Waals surface area contributed by atoms with Crippen LogP contribution < -0.4 is 0 Å². The fourth-order valence-corrected chi connectivity index (χ4v) is 2.90. The van der Waals surface area contributed by atoms with Gasteiger partial charge in [-0.15, -0.1) is 11.3 Å². The summed E-state index contributed by atoms with van der Waals surface area (Å²) < 4.78 is 0. The second kappa shape index (κ2) is 5.79. The average molecular weight is 256 g/mol. The fourth-order valence-electron chi connectivity index (χ4n) is 1.84. The Morgan fingerprint density at radius 1 is 1.28 bits per heavy atom. The van der Waals surface area contributed by atoms with Crippen LogP contribution in [-0.4, -0.2) is 4.98 Å². The Kier molecular flexibility index (Phi) is 4.11. The number of nitrogens with zero attached hydrogens (tertiary/aromatic N) is 2. The number of nitriles is 1. The van der Waals surface area contributed by atoms with Gasteiger partial charge in [0.1, 0.15) is 5.01 Å². The summed E-state index contributed by atoms with van der Waals surface area (Å²) in [4.78, 5) is 5.83. The predicted molar refractivity (Wildman–Crippen MR) is 75.6 cm³/mol. The third-order valence-electron chi connectivity index (χ3n) is 2.97. The van der Waals surface area contributed by atoms with Crippen molar-refractivity contribution in [3.05, 3.63) is 40.4 Å². The van der Waals surface area contributed by atoms with Crippen molar-refractivity contribution in [2.45, 2.75) is 33.1 Å². The number of benzene rings is 1. The van der Waals surface area contributed by atoms with Gasteiger partial charge >= 0.3 is 0 Å². The van der Waals surface area contributed by atoms with E-state index < -0.39 is 0 Å². The van der Waals surface area contributed by atoms with E-state index in [-0.39, 0.29) is 0 Å². The molecule has 2 aromatic rings. The summed E-state index contributed by atoms with van der Waals surface area (Å²) in [6.45, 7) is 4.18. The van der Waals surface area contributed by atoms with Crippen molar-refractivity contribution in [3.8, 4) is 16.6 Å². The van der Waals surface area contributed by atoms with Crippen molar-refractivity contribution in [1.29, 1.82) is 5.26 Å². The van der Waals surface area contributed by atoms with Crippen LogP contribution in [0, 0.1) is 18.3 Å². The molecule has 0 bridgehead atoms. The molecule has 0 amide bonds. The van der Waals surface area contributed by atoms with Crippen LogP contribution in [0.5, 0.6) is 0 Å². The van der Waals surface area contributed by atoms with Gasteiger partial charge in [0.25, 0.3) is 0 Å². The van der Waals surface area contributed by atoms with E-state index in [4.69, 9.17) is 5.26 Å². The van der Waals surface area contributed by atoms with E-state index in [1.54, 1.807) is 11.3 Å². The van der Waals surface area contributed by atoms with Crippen molar-refractivity contribution in [1.82, 2.24) is 4.98 Å². The SMILES string of the molecule is CCc1ccc(-c2nc(C)c(CCC#N)s2)cc1. The minimum atomic E-state index is 0.567. The largest absolute Gasteiger partial charge is 0.241 e. The maximum absolute atomic E-state index is 8.63. The number of hydrogen-bond donors (Lipinski definition) is 0. The molecule has 0 atom stereocenters. The zero-order valence-corrected chi connectivity index (χ0v) is 11.5. The minimum Gasteiger partial charge on any atom is -0.241 e. The van der Waals surface area contributed by atoms with Gasteiger partial charge in [-0.25, -0.2) is 4.98 Å². The highest BCUT2D eigenvalue weighted by atomic mass is 32.1. The zero-order chi connectivity index (χ0) is 13.0. The molecule has 0 unspecified atom stereocenters. The number of aryl methyl sites for hydroxylation is 3. The van der Waals surface area contributed by atoms with Gasteiger partial charge in [-0.2, -0.15) is 5.26 Å². The van der Waals surface area contributed by atoms with Crippen molar-refractivity contribution >= 4 is 11.3 Å². The summed E-state index contributed by atoms with van der Waals surface area (Å²) in [6, 6.07) is 10.8. The van der Waals surface area contributed by atoms with Crippen LogP contribution in [0.15, 0.2) is 24.3 Å². The Labute approximate surface area is 112 Å². The molecule has 1 aromatic carbocycles. The average Bonchev–Trinajstić information content (AvgIpc) is 2.78. The first-order chi connectivity index (χ1) is 8.74. The third kappa shape index (κ3) is 2.77. The molecule has 0 fully saturated rings. The summed E-state index contributed by atoms with van der Waals surface area (Å²) in [7, 11) is 0. The van der Waals surface area contributed by atoms with E-state index in [9.17, 15) is 0 Å². The minimum absolute atomic E-state index is 0.567. The maximum atomic E-state index is 8.63. The molecule has 0 aliphatic rings. The Hall–Kier alpha value is -1.66. The van der Waals surface area contributed by atoms with Crippen LogP contribution in [0.2, 0.25) is 0 Å². The van der Waals surface area contributed by atoms with Gasteiger partial charge in [-0.3, -0.25) is 0 Å². The van der Waals surface area contributed by atoms with Crippen molar-refractivity contribution in [2.75, 3.05) is 0 Å². The number of aromatic nitrogens is 1. The van der Waals surface area contributed by atoms with E-state index in [2.05, 4.69) is 42.2 Å². The lowest BCUT2D eigenvalue weighted by Crippen LogP contribution is -1.82. The van der Waals surface area contributed by atoms with E-state index in [0.717, 1.165) is 23.5 Å². The summed E-state index contributed by atoms with van der Waals surface area (Å²) >= 11 is 1.70. The summed E-state index contributed by atoms with van der Waals surface area (Å²) in [5.74, 6) is 0. The van der Waals surface area contributed by atoms with Gasteiger partial charge in [0, 0.05) is 16.9 Å². The highest BCUT2D eigenvalue weighted by Crippen LogP contribution is 2.28. The molecule has 0 saturated heterocycles. The van der Waals surface area contributed by atoms with E-state index in [0.29, 0.717) is 6.42 Å². The lowest BCUT2D eigenvalue weighted by Gasteiger charge is -1.98. The molecule has 0 N–H and O–H groups in total.